The number of benzene rings is 1. The quantitative estimate of drug-likeness (QED) is 0.528. The van der Waals surface area contributed by atoms with E-state index in [1.807, 2.05) is 31.2 Å². The van der Waals surface area contributed by atoms with Crippen LogP contribution in [-0.4, -0.2) is 37.5 Å². The van der Waals surface area contributed by atoms with E-state index in [2.05, 4.69) is 26.6 Å². The van der Waals surface area contributed by atoms with E-state index in [9.17, 15) is 14.4 Å². The Kier molecular flexibility index (Phi) is 8.67. The molecule has 0 heterocycles. The molecule has 2 N–H and O–H groups in total. The summed E-state index contributed by atoms with van der Waals surface area (Å²) in [5.74, 6) is -1.43. The van der Waals surface area contributed by atoms with Gasteiger partial charge >= 0.3 is 5.97 Å². The van der Waals surface area contributed by atoms with Gasteiger partial charge in [0.05, 0.1) is 6.54 Å². The maximum atomic E-state index is 11.5. The number of ether oxygens (including phenoxy) is 1. The van der Waals surface area contributed by atoms with Gasteiger partial charge in [-0.05, 0) is 30.2 Å². The van der Waals surface area contributed by atoms with Gasteiger partial charge in [0.1, 0.15) is 0 Å². The van der Waals surface area contributed by atoms with Crippen LogP contribution in [0.1, 0.15) is 18.9 Å². The zero-order valence-electron chi connectivity index (χ0n) is 12.8. The van der Waals surface area contributed by atoms with Gasteiger partial charge in [0.25, 0.3) is 5.91 Å². The van der Waals surface area contributed by atoms with Crippen LogP contribution in [0.4, 0.5) is 0 Å². The lowest BCUT2D eigenvalue weighted by atomic mass is 10.2. The van der Waals surface area contributed by atoms with Gasteiger partial charge < -0.3 is 15.4 Å². The van der Waals surface area contributed by atoms with Crippen LogP contribution in [-0.2, 0) is 19.1 Å². The van der Waals surface area contributed by atoms with Gasteiger partial charge in [0, 0.05) is 17.1 Å². The Labute approximate surface area is 143 Å². The molecule has 23 heavy (non-hydrogen) atoms. The second kappa shape index (κ2) is 10.6. The van der Waals surface area contributed by atoms with Crippen molar-refractivity contribution < 1.29 is 19.1 Å². The van der Waals surface area contributed by atoms with Crippen molar-refractivity contribution in [3.63, 3.8) is 0 Å². The summed E-state index contributed by atoms with van der Waals surface area (Å²) in [6.45, 7) is 1.93. The predicted molar refractivity (Wildman–Crippen MR) is 90.4 cm³/mol. The fourth-order valence-corrected chi connectivity index (χ4v) is 1.74. The molecule has 1 rings (SSSR count). The topological polar surface area (TPSA) is 84.5 Å². The van der Waals surface area contributed by atoms with Gasteiger partial charge in [-0.25, -0.2) is 4.79 Å². The van der Waals surface area contributed by atoms with Gasteiger partial charge in [-0.1, -0.05) is 35.0 Å². The van der Waals surface area contributed by atoms with Crippen molar-refractivity contribution in [3.8, 4) is 0 Å². The molecule has 1 aromatic rings. The number of carbonyl (C=O) groups excluding carboxylic acids is 3. The lowest BCUT2D eigenvalue weighted by Crippen LogP contribution is -2.38. The maximum Gasteiger partial charge on any atom is 0.331 e. The van der Waals surface area contributed by atoms with E-state index in [-0.39, 0.29) is 12.5 Å². The van der Waals surface area contributed by atoms with Crippen molar-refractivity contribution in [2.24, 2.45) is 0 Å². The highest BCUT2D eigenvalue weighted by molar-refractivity contribution is 9.10. The fourth-order valence-electron chi connectivity index (χ4n) is 1.48. The lowest BCUT2D eigenvalue weighted by molar-refractivity contribution is -0.143. The number of carbonyl (C=O) groups is 3. The number of nitrogens with one attached hydrogen (secondary N) is 2. The lowest BCUT2D eigenvalue weighted by Gasteiger charge is -2.06. The first-order valence-electron chi connectivity index (χ1n) is 7.15. The molecule has 0 radical (unpaired) electrons. The van der Waals surface area contributed by atoms with Crippen molar-refractivity contribution in [1.82, 2.24) is 10.6 Å². The zero-order valence-corrected chi connectivity index (χ0v) is 14.4. The molecule has 0 aliphatic rings. The molecule has 0 bridgehead atoms. The highest BCUT2D eigenvalue weighted by atomic mass is 79.9. The molecule has 0 aliphatic carbocycles. The van der Waals surface area contributed by atoms with Crippen LogP contribution in [0.2, 0.25) is 0 Å². The van der Waals surface area contributed by atoms with Crippen molar-refractivity contribution in [2.75, 3.05) is 19.7 Å². The Morgan fingerprint density at radius 1 is 1.13 bits per heavy atom. The Morgan fingerprint density at radius 2 is 1.83 bits per heavy atom. The molecule has 1 aromatic carbocycles. The summed E-state index contributed by atoms with van der Waals surface area (Å²) in [6, 6.07) is 7.36. The largest absolute Gasteiger partial charge is 0.452 e. The normalized spacial score (nSPS) is 10.3. The van der Waals surface area contributed by atoms with E-state index in [1.54, 1.807) is 6.08 Å². The number of amides is 2. The number of rotatable bonds is 8. The van der Waals surface area contributed by atoms with Crippen LogP contribution in [0, 0.1) is 0 Å². The Morgan fingerprint density at radius 3 is 2.48 bits per heavy atom. The zero-order chi connectivity index (χ0) is 17.1. The van der Waals surface area contributed by atoms with Crippen molar-refractivity contribution >= 4 is 39.8 Å². The minimum atomic E-state index is -0.626. The molecule has 0 aliphatic heterocycles. The summed E-state index contributed by atoms with van der Waals surface area (Å²) in [5.41, 5.74) is 0.835. The highest BCUT2D eigenvalue weighted by Gasteiger charge is 2.07. The first kappa shape index (κ1) is 18.9. The molecule has 0 spiro atoms. The Balaban J connectivity index is 2.25. The van der Waals surface area contributed by atoms with Gasteiger partial charge in [-0.3, -0.25) is 9.59 Å². The molecule has 2 amide bonds. The SMILES string of the molecule is CCCNC(=O)CNC(=O)COC(=O)/C=C/c1ccc(Br)cc1. The Hall–Kier alpha value is -2.15. The molecule has 0 unspecified atom stereocenters. The average molecular weight is 383 g/mol. The molecular formula is C16H19BrN2O4. The summed E-state index contributed by atoms with van der Waals surface area (Å²) in [7, 11) is 0. The molecule has 0 aromatic heterocycles. The van der Waals surface area contributed by atoms with Crippen LogP contribution >= 0.6 is 15.9 Å². The molecule has 6 nitrogen and oxygen atoms in total. The van der Waals surface area contributed by atoms with E-state index >= 15 is 0 Å². The third-order valence-corrected chi connectivity index (χ3v) is 3.17. The number of hydrogen-bond acceptors (Lipinski definition) is 4. The van der Waals surface area contributed by atoms with Gasteiger partial charge in [0.2, 0.25) is 5.91 Å². The summed E-state index contributed by atoms with van der Waals surface area (Å²) in [6.07, 6.45) is 3.65. The third-order valence-electron chi connectivity index (χ3n) is 2.65. The van der Waals surface area contributed by atoms with Gasteiger partial charge in [-0.2, -0.15) is 0 Å². The molecule has 124 valence electrons. The first-order chi connectivity index (χ1) is 11.0. The number of esters is 1. The highest BCUT2D eigenvalue weighted by Crippen LogP contribution is 2.11. The molecule has 7 heteroatoms. The van der Waals surface area contributed by atoms with Crippen LogP contribution < -0.4 is 10.6 Å². The second-order valence-electron chi connectivity index (χ2n) is 4.62. The van der Waals surface area contributed by atoms with E-state index in [4.69, 9.17) is 4.74 Å². The van der Waals surface area contributed by atoms with Gasteiger partial charge in [0.15, 0.2) is 6.61 Å². The smallest absolute Gasteiger partial charge is 0.331 e. The van der Waals surface area contributed by atoms with Crippen molar-refractivity contribution in [2.45, 2.75) is 13.3 Å². The average Bonchev–Trinajstić information content (AvgIpc) is 2.55. The van der Waals surface area contributed by atoms with Crippen LogP contribution in [0.5, 0.6) is 0 Å². The standard InChI is InChI=1S/C16H19BrN2O4/c1-2-9-18-14(20)10-19-15(21)11-23-16(22)8-5-12-3-6-13(17)7-4-12/h3-8H,2,9-11H2,1H3,(H,18,20)(H,19,21)/b8-5+. The second-order valence-corrected chi connectivity index (χ2v) is 5.53. The summed E-state index contributed by atoms with van der Waals surface area (Å²) < 4.78 is 5.73. The van der Waals surface area contributed by atoms with E-state index in [0.717, 1.165) is 16.5 Å². The summed E-state index contributed by atoms with van der Waals surface area (Å²) in [5, 5.41) is 4.99. The number of halogens is 1. The monoisotopic (exact) mass is 382 g/mol. The number of hydrogen-bond donors (Lipinski definition) is 2. The van der Waals surface area contributed by atoms with Crippen molar-refractivity contribution in [1.29, 1.82) is 0 Å². The first-order valence-corrected chi connectivity index (χ1v) is 7.94. The van der Waals surface area contributed by atoms with E-state index in [0.29, 0.717) is 6.54 Å². The van der Waals surface area contributed by atoms with E-state index < -0.39 is 18.5 Å². The minimum Gasteiger partial charge on any atom is -0.452 e. The molecule has 0 atom stereocenters. The molecule has 0 saturated heterocycles. The predicted octanol–water partition coefficient (Wildman–Crippen LogP) is 1.65. The fraction of sp³-hybridized carbons (Fsp3) is 0.312. The van der Waals surface area contributed by atoms with Crippen LogP contribution in [0.3, 0.4) is 0 Å². The van der Waals surface area contributed by atoms with Crippen molar-refractivity contribution in [3.05, 3.63) is 40.4 Å². The van der Waals surface area contributed by atoms with Crippen LogP contribution in [0.15, 0.2) is 34.8 Å². The third kappa shape index (κ3) is 8.77. The summed E-state index contributed by atoms with van der Waals surface area (Å²) in [4.78, 5) is 34.2. The summed E-state index contributed by atoms with van der Waals surface area (Å²) >= 11 is 3.32. The minimum absolute atomic E-state index is 0.134. The van der Waals surface area contributed by atoms with Gasteiger partial charge in [-0.15, -0.1) is 0 Å². The Bertz CT molecular complexity index is 570. The van der Waals surface area contributed by atoms with E-state index in [1.165, 1.54) is 6.08 Å². The maximum absolute atomic E-state index is 11.5. The molecular weight excluding hydrogens is 364 g/mol. The molecule has 0 fully saturated rings. The van der Waals surface area contributed by atoms with Crippen LogP contribution in [0.25, 0.3) is 6.08 Å². The molecule has 0 saturated carbocycles.